The van der Waals surface area contributed by atoms with Crippen LogP contribution in [0.2, 0.25) is 0 Å². The molecular formula is C14H18F2N2O2. The van der Waals surface area contributed by atoms with Gasteiger partial charge in [0.05, 0.1) is 18.4 Å². The molecule has 0 radical (unpaired) electrons. The lowest BCUT2D eigenvalue weighted by Gasteiger charge is -2.23. The lowest BCUT2D eigenvalue weighted by atomic mass is 9.99. The van der Waals surface area contributed by atoms with Crippen LogP contribution < -0.4 is 10.6 Å². The average Bonchev–Trinajstić information content (AvgIpc) is 2.46. The minimum Gasteiger partial charge on any atom is -0.465 e. The number of carbonyl (C=O) groups excluding carboxylic acids is 1. The number of methoxy groups -OCH3 is 1. The average molecular weight is 284 g/mol. The van der Waals surface area contributed by atoms with Gasteiger partial charge in [-0.05, 0) is 37.9 Å². The summed E-state index contributed by atoms with van der Waals surface area (Å²) in [5, 5.41) is 6.21. The maximum Gasteiger partial charge on any atom is 0.340 e. The SMILES string of the molecule is COC(=O)c1cc(NCC2CCCNC2)c(F)cc1F. The van der Waals surface area contributed by atoms with Gasteiger partial charge in [0.25, 0.3) is 0 Å². The Labute approximate surface area is 116 Å². The monoisotopic (exact) mass is 284 g/mol. The van der Waals surface area contributed by atoms with E-state index in [4.69, 9.17) is 0 Å². The molecule has 0 saturated carbocycles. The molecule has 0 aliphatic carbocycles. The van der Waals surface area contributed by atoms with Gasteiger partial charge < -0.3 is 15.4 Å². The number of carbonyl (C=O) groups is 1. The number of benzene rings is 1. The first-order valence-electron chi connectivity index (χ1n) is 6.63. The van der Waals surface area contributed by atoms with Crippen molar-refractivity contribution in [3.8, 4) is 0 Å². The number of halogens is 2. The molecule has 6 heteroatoms. The second-order valence-corrected chi connectivity index (χ2v) is 4.90. The molecule has 1 unspecified atom stereocenters. The molecule has 1 aromatic rings. The molecule has 110 valence electrons. The number of hydrogen-bond acceptors (Lipinski definition) is 4. The van der Waals surface area contributed by atoms with Crippen molar-refractivity contribution in [1.82, 2.24) is 5.32 Å². The summed E-state index contributed by atoms with van der Waals surface area (Å²) in [7, 11) is 1.16. The molecule has 4 nitrogen and oxygen atoms in total. The summed E-state index contributed by atoms with van der Waals surface area (Å²) < 4.78 is 31.6. The maximum absolute atomic E-state index is 13.7. The minimum absolute atomic E-state index is 0.123. The zero-order chi connectivity index (χ0) is 14.5. The van der Waals surface area contributed by atoms with E-state index in [2.05, 4.69) is 15.4 Å². The Morgan fingerprint density at radius 1 is 1.45 bits per heavy atom. The number of rotatable bonds is 4. The van der Waals surface area contributed by atoms with Crippen molar-refractivity contribution in [2.45, 2.75) is 12.8 Å². The van der Waals surface area contributed by atoms with Gasteiger partial charge in [-0.1, -0.05) is 0 Å². The summed E-state index contributed by atoms with van der Waals surface area (Å²) in [6, 6.07) is 1.86. The molecular weight excluding hydrogens is 266 g/mol. The maximum atomic E-state index is 13.7. The van der Waals surface area contributed by atoms with E-state index in [0.29, 0.717) is 18.5 Å². The predicted molar refractivity (Wildman–Crippen MR) is 71.8 cm³/mol. The Kier molecular flexibility index (Phi) is 4.89. The summed E-state index contributed by atoms with van der Waals surface area (Å²) in [5.74, 6) is -2.04. The highest BCUT2D eigenvalue weighted by Crippen LogP contribution is 2.21. The molecule has 0 spiro atoms. The second-order valence-electron chi connectivity index (χ2n) is 4.90. The van der Waals surface area contributed by atoms with E-state index >= 15 is 0 Å². The Morgan fingerprint density at radius 2 is 2.25 bits per heavy atom. The number of esters is 1. The fourth-order valence-electron chi connectivity index (χ4n) is 2.30. The van der Waals surface area contributed by atoms with Crippen LogP contribution in [0.5, 0.6) is 0 Å². The number of anilines is 1. The fourth-order valence-corrected chi connectivity index (χ4v) is 2.30. The molecule has 0 aromatic heterocycles. The zero-order valence-electron chi connectivity index (χ0n) is 11.3. The number of hydrogen-bond donors (Lipinski definition) is 2. The van der Waals surface area contributed by atoms with Gasteiger partial charge in [0.15, 0.2) is 0 Å². The van der Waals surface area contributed by atoms with Crippen molar-refractivity contribution >= 4 is 11.7 Å². The summed E-state index contributed by atoms with van der Waals surface area (Å²) in [4.78, 5) is 11.4. The van der Waals surface area contributed by atoms with E-state index < -0.39 is 17.6 Å². The molecule has 1 aliphatic heterocycles. The highest BCUT2D eigenvalue weighted by Gasteiger charge is 2.18. The van der Waals surface area contributed by atoms with E-state index in [1.54, 1.807) is 0 Å². The first-order valence-corrected chi connectivity index (χ1v) is 6.63. The molecule has 1 aliphatic rings. The Hall–Kier alpha value is -1.69. The predicted octanol–water partition coefficient (Wildman–Crippen LogP) is 2.16. The third kappa shape index (κ3) is 3.45. The van der Waals surface area contributed by atoms with Gasteiger partial charge in [0.2, 0.25) is 0 Å². The smallest absolute Gasteiger partial charge is 0.340 e. The highest BCUT2D eigenvalue weighted by molar-refractivity contribution is 5.90. The van der Waals surface area contributed by atoms with Crippen LogP contribution in [0.4, 0.5) is 14.5 Å². The molecule has 1 saturated heterocycles. The van der Waals surface area contributed by atoms with Crippen LogP contribution in [-0.2, 0) is 4.74 Å². The van der Waals surface area contributed by atoms with E-state index in [1.807, 2.05) is 0 Å². The Bertz CT molecular complexity index is 488. The molecule has 1 fully saturated rings. The first-order chi connectivity index (χ1) is 9.61. The van der Waals surface area contributed by atoms with Crippen LogP contribution in [0.3, 0.4) is 0 Å². The van der Waals surface area contributed by atoms with E-state index in [9.17, 15) is 13.6 Å². The summed E-state index contributed by atoms with van der Waals surface area (Å²) in [6.45, 7) is 2.46. The molecule has 1 atom stereocenters. The number of piperidine rings is 1. The Balaban J connectivity index is 2.08. The third-order valence-corrected chi connectivity index (χ3v) is 3.44. The van der Waals surface area contributed by atoms with E-state index in [1.165, 1.54) is 0 Å². The molecule has 20 heavy (non-hydrogen) atoms. The summed E-state index contributed by atoms with van der Waals surface area (Å²) in [6.07, 6.45) is 2.15. The van der Waals surface area contributed by atoms with Crippen molar-refractivity contribution in [3.05, 3.63) is 29.3 Å². The third-order valence-electron chi connectivity index (χ3n) is 3.44. The van der Waals surface area contributed by atoms with Gasteiger partial charge in [0, 0.05) is 12.6 Å². The normalized spacial score (nSPS) is 18.6. The van der Waals surface area contributed by atoms with Crippen molar-refractivity contribution < 1.29 is 18.3 Å². The van der Waals surface area contributed by atoms with Crippen molar-refractivity contribution in [3.63, 3.8) is 0 Å². The lowest BCUT2D eigenvalue weighted by molar-refractivity contribution is 0.0595. The zero-order valence-corrected chi connectivity index (χ0v) is 11.3. The van der Waals surface area contributed by atoms with Crippen molar-refractivity contribution in [2.75, 3.05) is 32.1 Å². The van der Waals surface area contributed by atoms with E-state index in [-0.39, 0.29) is 11.3 Å². The lowest BCUT2D eigenvalue weighted by Crippen LogP contribution is -2.33. The number of ether oxygens (including phenoxy) is 1. The van der Waals surface area contributed by atoms with Crippen molar-refractivity contribution in [2.24, 2.45) is 5.92 Å². The van der Waals surface area contributed by atoms with Crippen LogP contribution in [0.15, 0.2) is 12.1 Å². The van der Waals surface area contributed by atoms with Gasteiger partial charge in [-0.25, -0.2) is 13.6 Å². The van der Waals surface area contributed by atoms with Gasteiger partial charge in [-0.2, -0.15) is 0 Å². The van der Waals surface area contributed by atoms with Gasteiger partial charge in [0.1, 0.15) is 11.6 Å². The van der Waals surface area contributed by atoms with E-state index in [0.717, 1.165) is 39.1 Å². The largest absolute Gasteiger partial charge is 0.465 e. The summed E-state index contributed by atoms with van der Waals surface area (Å²) >= 11 is 0. The van der Waals surface area contributed by atoms with Crippen LogP contribution in [-0.4, -0.2) is 32.7 Å². The summed E-state index contributed by atoms with van der Waals surface area (Å²) in [5.41, 5.74) is -0.143. The van der Waals surface area contributed by atoms with Crippen molar-refractivity contribution in [1.29, 1.82) is 0 Å². The van der Waals surface area contributed by atoms with Crippen LogP contribution in [0.25, 0.3) is 0 Å². The van der Waals surface area contributed by atoms with Gasteiger partial charge in [-0.15, -0.1) is 0 Å². The first kappa shape index (κ1) is 14.7. The quantitative estimate of drug-likeness (QED) is 0.832. The minimum atomic E-state index is -0.917. The molecule has 2 rings (SSSR count). The van der Waals surface area contributed by atoms with Gasteiger partial charge >= 0.3 is 5.97 Å². The van der Waals surface area contributed by atoms with Crippen LogP contribution in [0.1, 0.15) is 23.2 Å². The standard InChI is InChI=1S/C14H18F2N2O2/c1-20-14(19)10-5-13(12(16)6-11(10)15)18-8-9-3-2-4-17-7-9/h5-6,9,17-18H,2-4,7-8H2,1H3. The van der Waals surface area contributed by atoms with Crippen LogP contribution in [0, 0.1) is 17.6 Å². The molecule has 1 heterocycles. The molecule has 2 N–H and O–H groups in total. The topological polar surface area (TPSA) is 50.4 Å². The second kappa shape index (κ2) is 6.65. The fraction of sp³-hybridized carbons (Fsp3) is 0.500. The van der Waals surface area contributed by atoms with Gasteiger partial charge in [-0.3, -0.25) is 0 Å². The molecule has 0 bridgehead atoms. The highest BCUT2D eigenvalue weighted by atomic mass is 19.1. The molecule has 0 amide bonds. The Morgan fingerprint density at radius 3 is 2.90 bits per heavy atom. The number of nitrogens with one attached hydrogen (secondary N) is 2. The van der Waals surface area contributed by atoms with Crippen LogP contribution >= 0.6 is 0 Å². The molecule has 1 aromatic carbocycles.